The van der Waals surface area contributed by atoms with Crippen LogP contribution in [-0.4, -0.2) is 43.0 Å². The van der Waals surface area contributed by atoms with Crippen molar-refractivity contribution in [3.05, 3.63) is 35.9 Å². The Morgan fingerprint density at radius 2 is 2.10 bits per heavy atom. The molecular formula is C15H18N2O3. The maximum absolute atomic E-state index is 12.1. The average molecular weight is 274 g/mol. The Morgan fingerprint density at radius 3 is 2.75 bits per heavy atom. The van der Waals surface area contributed by atoms with Crippen molar-refractivity contribution in [1.29, 1.82) is 0 Å². The lowest BCUT2D eigenvalue weighted by atomic mass is 10.1. The molecule has 0 saturated carbocycles. The highest BCUT2D eigenvalue weighted by Gasteiger charge is 2.27. The summed E-state index contributed by atoms with van der Waals surface area (Å²) in [6.45, 7) is 2.78. The first-order valence-electron chi connectivity index (χ1n) is 6.52. The molecule has 1 saturated heterocycles. The molecule has 1 aromatic rings. The van der Waals surface area contributed by atoms with Gasteiger partial charge in [-0.25, -0.2) is 0 Å². The van der Waals surface area contributed by atoms with E-state index in [9.17, 15) is 9.59 Å². The molecule has 1 N–H and O–H groups in total. The predicted molar refractivity (Wildman–Crippen MR) is 76.2 cm³/mol. The molecule has 106 valence electrons. The summed E-state index contributed by atoms with van der Waals surface area (Å²) in [5.74, 6) is 0.514. The molecule has 1 unspecified atom stereocenters. The van der Waals surface area contributed by atoms with E-state index in [1.807, 2.05) is 24.3 Å². The minimum Gasteiger partial charge on any atom is -0.497 e. The van der Waals surface area contributed by atoms with Gasteiger partial charge in [-0.1, -0.05) is 12.1 Å². The van der Waals surface area contributed by atoms with Crippen molar-refractivity contribution >= 4 is 17.9 Å². The number of carbonyl (C=O) groups excluding carboxylic acids is 2. The molecular weight excluding hydrogens is 256 g/mol. The summed E-state index contributed by atoms with van der Waals surface area (Å²) >= 11 is 0. The van der Waals surface area contributed by atoms with E-state index in [4.69, 9.17) is 4.74 Å². The van der Waals surface area contributed by atoms with Gasteiger partial charge >= 0.3 is 0 Å². The van der Waals surface area contributed by atoms with Crippen LogP contribution in [0.25, 0.3) is 6.08 Å². The van der Waals surface area contributed by atoms with Gasteiger partial charge < -0.3 is 15.0 Å². The molecule has 2 rings (SSSR count). The lowest BCUT2D eigenvalue weighted by molar-refractivity contribution is -0.139. The molecule has 1 aromatic carbocycles. The van der Waals surface area contributed by atoms with Gasteiger partial charge in [0.1, 0.15) is 11.8 Å². The number of benzene rings is 1. The van der Waals surface area contributed by atoms with Crippen LogP contribution >= 0.6 is 0 Å². The molecule has 0 spiro atoms. The summed E-state index contributed by atoms with van der Waals surface area (Å²) in [4.78, 5) is 25.2. The molecule has 0 bridgehead atoms. The molecule has 1 heterocycles. The molecule has 20 heavy (non-hydrogen) atoms. The second-order valence-corrected chi connectivity index (χ2v) is 4.61. The Balaban J connectivity index is 2.02. The zero-order chi connectivity index (χ0) is 14.5. The van der Waals surface area contributed by atoms with E-state index < -0.39 is 6.04 Å². The number of piperazine rings is 1. The first-order chi connectivity index (χ1) is 9.61. The zero-order valence-corrected chi connectivity index (χ0v) is 11.6. The number of nitrogens with zero attached hydrogens (tertiary/aromatic N) is 1. The van der Waals surface area contributed by atoms with Gasteiger partial charge in [0.05, 0.1) is 7.11 Å². The molecule has 1 aliphatic rings. The van der Waals surface area contributed by atoms with Crippen molar-refractivity contribution in [1.82, 2.24) is 10.2 Å². The monoisotopic (exact) mass is 274 g/mol. The van der Waals surface area contributed by atoms with Crippen LogP contribution in [0.15, 0.2) is 30.3 Å². The van der Waals surface area contributed by atoms with Gasteiger partial charge in [-0.05, 0) is 30.7 Å². The molecule has 1 aliphatic heterocycles. The van der Waals surface area contributed by atoms with E-state index in [1.165, 1.54) is 6.08 Å². The molecule has 0 aliphatic carbocycles. The minimum atomic E-state index is -0.420. The number of methoxy groups -OCH3 is 1. The normalized spacial score (nSPS) is 19.0. The average Bonchev–Trinajstić information content (AvgIpc) is 2.48. The summed E-state index contributed by atoms with van der Waals surface area (Å²) in [7, 11) is 1.61. The van der Waals surface area contributed by atoms with Gasteiger partial charge in [0.15, 0.2) is 0 Å². The Bertz CT molecular complexity index is 522. The number of carbonyl (C=O) groups is 2. The summed E-state index contributed by atoms with van der Waals surface area (Å²) in [6, 6.07) is 6.99. The van der Waals surface area contributed by atoms with Crippen molar-refractivity contribution in [2.45, 2.75) is 13.0 Å². The van der Waals surface area contributed by atoms with Gasteiger partial charge in [0.2, 0.25) is 11.8 Å². The van der Waals surface area contributed by atoms with Crippen LogP contribution in [0.2, 0.25) is 0 Å². The highest BCUT2D eigenvalue weighted by atomic mass is 16.5. The Hall–Kier alpha value is -2.30. The second-order valence-electron chi connectivity index (χ2n) is 4.61. The van der Waals surface area contributed by atoms with Gasteiger partial charge in [0.25, 0.3) is 0 Å². The SMILES string of the molecule is COc1ccc(C=CC(=O)N2CCNC(=O)C2C)cc1. The summed E-state index contributed by atoms with van der Waals surface area (Å²) in [5, 5.41) is 2.73. The van der Waals surface area contributed by atoms with Crippen LogP contribution in [0.4, 0.5) is 0 Å². The maximum Gasteiger partial charge on any atom is 0.247 e. The van der Waals surface area contributed by atoms with Gasteiger partial charge in [-0.3, -0.25) is 9.59 Å². The zero-order valence-electron chi connectivity index (χ0n) is 11.6. The topological polar surface area (TPSA) is 58.6 Å². The lowest BCUT2D eigenvalue weighted by Gasteiger charge is -2.31. The van der Waals surface area contributed by atoms with Crippen LogP contribution in [0, 0.1) is 0 Å². The number of amides is 2. The number of ether oxygens (including phenoxy) is 1. The van der Waals surface area contributed by atoms with Crippen LogP contribution in [0.1, 0.15) is 12.5 Å². The summed E-state index contributed by atoms with van der Waals surface area (Å²) < 4.78 is 5.07. The molecule has 2 amide bonds. The number of hydrogen-bond donors (Lipinski definition) is 1. The van der Waals surface area contributed by atoms with Crippen LogP contribution in [0.5, 0.6) is 5.75 Å². The maximum atomic E-state index is 12.1. The highest BCUT2D eigenvalue weighted by Crippen LogP contribution is 2.13. The van der Waals surface area contributed by atoms with Crippen LogP contribution in [0.3, 0.4) is 0 Å². The van der Waals surface area contributed by atoms with Crippen molar-refractivity contribution < 1.29 is 14.3 Å². The molecule has 5 nitrogen and oxygen atoms in total. The van der Waals surface area contributed by atoms with E-state index in [0.29, 0.717) is 13.1 Å². The third kappa shape index (κ3) is 3.17. The lowest BCUT2D eigenvalue weighted by Crippen LogP contribution is -2.55. The number of rotatable bonds is 3. The highest BCUT2D eigenvalue weighted by molar-refractivity contribution is 5.96. The van der Waals surface area contributed by atoms with E-state index in [1.54, 1.807) is 25.0 Å². The fraction of sp³-hybridized carbons (Fsp3) is 0.333. The number of nitrogens with one attached hydrogen (secondary N) is 1. The minimum absolute atomic E-state index is 0.109. The Kier molecular flexibility index (Phi) is 4.40. The van der Waals surface area contributed by atoms with Gasteiger partial charge in [0, 0.05) is 19.2 Å². The predicted octanol–water partition coefficient (Wildman–Crippen LogP) is 1.06. The van der Waals surface area contributed by atoms with Crippen molar-refractivity contribution in [3.63, 3.8) is 0 Å². The van der Waals surface area contributed by atoms with E-state index >= 15 is 0 Å². The Labute approximate surface area is 118 Å². The largest absolute Gasteiger partial charge is 0.497 e. The fourth-order valence-electron chi connectivity index (χ4n) is 2.06. The first-order valence-corrected chi connectivity index (χ1v) is 6.52. The van der Waals surface area contributed by atoms with E-state index in [-0.39, 0.29) is 11.8 Å². The second kappa shape index (κ2) is 6.23. The fourth-order valence-corrected chi connectivity index (χ4v) is 2.06. The van der Waals surface area contributed by atoms with Crippen LogP contribution < -0.4 is 10.1 Å². The van der Waals surface area contributed by atoms with E-state index in [0.717, 1.165) is 11.3 Å². The smallest absolute Gasteiger partial charge is 0.247 e. The van der Waals surface area contributed by atoms with Crippen molar-refractivity contribution in [2.24, 2.45) is 0 Å². The summed E-state index contributed by atoms with van der Waals surface area (Å²) in [6.07, 6.45) is 3.23. The first kappa shape index (κ1) is 14.1. The van der Waals surface area contributed by atoms with E-state index in [2.05, 4.69) is 5.32 Å². The van der Waals surface area contributed by atoms with Crippen molar-refractivity contribution in [2.75, 3.05) is 20.2 Å². The molecule has 5 heteroatoms. The van der Waals surface area contributed by atoms with Gasteiger partial charge in [-0.2, -0.15) is 0 Å². The summed E-state index contributed by atoms with van der Waals surface area (Å²) in [5.41, 5.74) is 0.910. The Morgan fingerprint density at radius 1 is 1.40 bits per heavy atom. The third-order valence-corrected chi connectivity index (χ3v) is 3.32. The van der Waals surface area contributed by atoms with Gasteiger partial charge in [-0.15, -0.1) is 0 Å². The molecule has 1 atom stereocenters. The standard InChI is InChI=1S/C15H18N2O3/c1-11-15(19)16-9-10-17(11)14(18)8-5-12-3-6-13(20-2)7-4-12/h3-8,11H,9-10H2,1-2H3,(H,16,19). The third-order valence-electron chi connectivity index (χ3n) is 3.32. The quantitative estimate of drug-likeness (QED) is 0.838. The molecule has 0 radical (unpaired) electrons. The van der Waals surface area contributed by atoms with Crippen molar-refractivity contribution in [3.8, 4) is 5.75 Å². The van der Waals surface area contributed by atoms with Crippen LogP contribution in [-0.2, 0) is 9.59 Å². The number of hydrogen-bond acceptors (Lipinski definition) is 3. The molecule has 1 fully saturated rings. The molecule has 0 aromatic heterocycles.